The highest BCUT2D eigenvalue weighted by molar-refractivity contribution is 6.73. The van der Waals surface area contributed by atoms with Crippen LogP contribution >= 0.6 is 0 Å². The second-order valence-electron chi connectivity index (χ2n) is 14.2. The number of aliphatic hydroxyl groups is 3. The van der Waals surface area contributed by atoms with Gasteiger partial charge < -0.3 is 34.0 Å². The highest BCUT2D eigenvalue weighted by Gasteiger charge is 2.76. The molecule has 244 valence electrons. The number of hydrogen-bond acceptors (Lipinski definition) is 9. The van der Waals surface area contributed by atoms with Crippen LogP contribution in [0.25, 0.3) is 0 Å². The van der Waals surface area contributed by atoms with Crippen LogP contribution in [0.15, 0.2) is 41.5 Å². The van der Waals surface area contributed by atoms with Gasteiger partial charge in [-0.25, -0.2) is 4.79 Å². The minimum atomic E-state index is -2.33. The summed E-state index contributed by atoms with van der Waals surface area (Å²) in [6.45, 7) is 13.4. The number of carbonyl (C=O) groups is 2. The van der Waals surface area contributed by atoms with Crippen LogP contribution in [0.3, 0.4) is 0 Å². The minimum absolute atomic E-state index is 0.0896. The Balaban J connectivity index is 1.81. The van der Waals surface area contributed by atoms with Crippen molar-refractivity contribution in [1.29, 1.82) is 0 Å². The van der Waals surface area contributed by atoms with E-state index in [2.05, 4.69) is 20.8 Å². The summed E-state index contributed by atoms with van der Waals surface area (Å²) < 4.78 is 25.5. The normalized spacial score (nSPS) is 39.8. The average molecular weight is 631 g/mol. The Labute approximate surface area is 262 Å². The molecular weight excluding hydrogens is 580 g/mol. The zero-order chi connectivity index (χ0) is 32.5. The van der Waals surface area contributed by atoms with Crippen molar-refractivity contribution in [3.8, 4) is 0 Å². The van der Waals surface area contributed by atoms with E-state index >= 15 is 4.79 Å². The number of ether oxygens (including phenoxy) is 3. The first kappa shape index (κ1) is 33.4. The lowest BCUT2D eigenvalue weighted by atomic mass is 9.44. The number of rotatable bonds is 8. The Morgan fingerprint density at radius 1 is 1.07 bits per heavy atom. The van der Waals surface area contributed by atoms with Crippen molar-refractivity contribution in [3.05, 3.63) is 47.0 Å². The first-order valence-electron chi connectivity index (χ1n) is 16.1. The zero-order valence-corrected chi connectivity index (χ0v) is 28.4. The summed E-state index contributed by atoms with van der Waals surface area (Å²) in [7, 11) is -0.874. The molecule has 0 radical (unpaired) electrons. The number of ketones is 1. The lowest BCUT2D eigenvalue weighted by Crippen LogP contribution is -2.81. The SMILES string of the molecule is CC[Si](CC)(CC)O[C@H]1C[C@H]2OC[C@@]2(O)C2[C@H](OC(=O)c3ccccc3)[C@]3(O)C[C@H](O)C(C)=C([C@@H](OC)C(=O)[C@@]21C)C3(C)C. The molecule has 0 aromatic heterocycles. The molecule has 0 amide bonds. The fourth-order valence-electron chi connectivity index (χ4n) is 8.91. The van der Waals surface area contributed by atoms with E-state index in [1.165, 1.54) is 7.11 Å². The molecule has 3 N–H and O–H groups in total. The summed E-state index contributed by atoms with van der Waals surface area (Å²) in [6.07, 6.45) is -4.92. The van der Waals surface area contributed by atoms with Crippen molar-refractivity contribution in [2.75, 3.05) is 13.7 Å². The first-order chi connectivity index (χ1) is 20.6. The predicted octanol–water partition coefficient (Wildman–Crippen LogP) is 4.19. The molecule has 1 heterocycles. The lowest BCUT2D eigenvalue weighted by molar-refractivity contribution is -0.342. The molecule has 9 nitrogen and oxygen atoms in total. The fourth-order valence-corrected chi connectivity index (χ4v) is 11.9. The topological polar surface area (TPSA) is 132 Å². The van der Waals surface area contributed by atoms with Crippen LogP contribution in [0, 0.1) is 16.7 Å². The second kappa shape index (κ2) is 11.4. The molecular formula is C34H50O9Si. The number of methoxy groups -OCH3 is 1. The molecule has 10 heteroatoms. The Hall–Kier alpha value is -1.92. The molecule has 3 aliphatic carbocycles. The molecule has 1 aromatic rings. The maximum Gasteiger partial charge on any atom is 0.338 e. The summed E-state index contributed by atoms with van der Waals surface area (Å²) in [5, 5.41) is 36.9. The maximum absolute atomic E-state index is 15.2. The first-order valence-corrected chi connectivity index (χ1v) is 18.6. The average Bonchev–Trinajstić information content (AvgIpc) is 3.00. The van der Waals surface area contributed by atoms with E-state index in [0.717, 1.165) is 18.1 Å². The number of esters is 1. The molecule has 1 saturated heterocycles. The number of carbonyl (C=O) groups excluding carboxylic acids is 2. The molecule has 3 fully saturated rings. The van der Waals surface area contributed by atoms with Crippen LogP contribution in [0.2, 0.25) is 18.1 Å². The molecule has 1 aromatic carbocycles. The highest BCUT2D eigenvalue weighted by atomic mass is 28.4. The van der Waals surface area contributed by atoms with E-state index in [9.17, 15) is 20.1 Å². The maximum atomic E-state index is 15.2. The summed E-state index contributed by atoms with van der Waals surface area (Å²) >= 11 is 0. The van der Waals surface area contributed by atoms with E-state index in [0.29, 0.717) is 11.1 Å². The van der Waals surface area contributed by atoms with Crippen LogP contribution in [0.1, 0.15) is 71.7 Å². The third kappa shape index (κ3) is 4.54. The van der Waals surface area contributed by atoms with Crippen LogP contribution in [0.4, 0.5) is 0 Å². The highest BCUT2D eigenvalue weighted by Crippen LogP contribution is 2.64. The third-order valence-corrected chi connectivity index (χ3v) is 16.8. The van der Waals surface area contributed by atoms with Crippen LogP contribution in [-0.4, -0.2) is 90.8 Å². The summed E-state index contributed by atoms with van der Waals surface area (Å²) in [4.78, 5) is 29.1. The van der Waals surface area contributed by atoms with Gasteiger partial charge in [0, 0.05) is 31.3 Å². The van der Waals surface area contributed by atoms with Crippen LogP contribution in [-0.2, 0) is 23.4 Å². The standard InChI is InChI=1S/C34H50O9Si/c1-9-44(10-2,11-3)43-23-17-24-33(38,19-41-24)27-29(42-30(37)21-15-13-12-14-16-21)34(39)18-22(35)20(4)25(31(34,5)6)26(40-8)28(36)32(23,27)7/h12-16,22-24,26-27,29,35,38-39H,9-11,17-19H2,1-8H3/t22-,23-,24+,26+,27?,29-,32+,33-,34+/m0/s1. The lowest BCUT2D eigenvalue weighted by Gasteiger charge is -2.68. The molecule has 1 unspecified atom stereocenters. The van der Waals surface area contributed by atoms with Crippen molar-refractivity contribution in [2.45, 2.75) is 121 Å². The number of Topliss-reactive ketones (excluding diaryl/α,β-unsaturated/α-hetero) is 1. The van der Waals surface area contributed by atoms with E-state index in [1.54, 1.807) is 58.0 Å². The summed E-state index contributed by atoms with van der Waals surface area (Å²) in [5.74, 6) is -2.14. The van der Waals surface area contributed by atoms with Gasteiger partial charge in [-0.15, -0.1) is 0 Å². The monoisotopic (exact) mass is 630 g/mol. The van der Waals surface area contributed by atoms with Gasteiger partial charge in [-0.3, -0.25) is 4.79 Å². The van der Waals surface area contributed by atoms with E-state index in [-0.39, 0.29) is 30.8 Å². The molecule has 1 aliphatic heterocycles. The Morgan fingerprint density at radius 3 is 2.20 bits per heavy atom. The van der Waals surface area contributed by atoms with Crippen molar-refractivity contribution < 1.29 is 43.5 Å². The predicted molar refractivity (Wildman–Crippen MR) is 166 cm³/mol. The Kier molecular flexibility index (Phi) is 8.66. The van der Waals surface area contributed by atoms with E-state index < -0.39 is 72.8 Å². The number of benzene rings is 1. The van der Waals surface area contributed by atoms with Crippen molar-refractivity contribution >= 4 is 20.1 Å². The van der Waals surface area contributed by atoms with Crippen molar-refractivity contribution in [1.82, 2.24) is 0 Å². The van der Waals surface area contributed by atoms with Gasteiger partial charge in [0.25, 0.3) is 0 Å². The van der Waals surface area contributed by atoms with Gasteiger partial charge in [0.1, 0.15) is 23.4 Å². The second-order valence-corrected chi connectivity index (χ2v) is 18.9. The van der Waals surface area contributed by atoms with Gasteiger partial charge in [-0.1, -0.05) is 52.8 Å². The molecule has 9 atom stereocenters. The Morgan fingerprint density at radius 2 is 1.68 bits per heavy atom. The quantitative estimate of drug-likeness (QED) is 0.220. The summed E-state index contributed by atoms with van der Waals surface area (Å²) in [5.41, 5.74) is -4.87. The number of hydrogen-bond donors (Lipinski definition) is 3. The fraction of sp³-hybridized carbons (Fsp3) is 0.706. The van der Waals surface area contributed by atoms with Crippen molar-refractivity contribution in [3.63, 3.8) is 0 Å². The number of aliphatic hydroxyl groups excluding tert-OH is 1. The van der Waals surface area contributed by atoms with Crippen molar-refractivity contribution in [2.24, 2.45) is 16.7 Å². The molecule has 4 aliphatic rings. The summed E-state index contributed by atoms with van der Waals surface area (Å²) in [6, 6.07) is 11.0. The van der Waals surface area contributed by atoms with Crippen LogP contribution < -0.4 is 0 Å². The van der Waals surface area contributed by atoms with Gasteiger partial charge in [0.05, 0.1) is 35.9 Å². The van der Waals surface area contributed by atoms with Gasteiger partial charge >= 0.3 is 5.97 Å². The minimum Gasteiger partial charge on any atom is -0.455 e. The molecule has 0 spiro atoms. The van der Waals surface area contributed by atoms with Gasteiger partial charge in [0.15, 0.2) is 14.1 Å². The number of fused-ring (bicyclic) bond motifs is 5. The molecule has 2 bridgehead atoms. The molecule has 2 saturated carbocycles. The van der Waals surface area contributed by atoms with Crippen LogP contribution in [0.5, 0.6) is 0 Å². The van der Waals surface area contributed by atoms with Gasteiger partial charge in [0.2, 0.25) is 0 Å². The van der Waals surface area contributed by atoms with E-state index in [1.807, 2.05) is 0 Å². The smallest absolute Gasteiger partial charge is 0.338 e. The van der Waals surface area contributed by atoms with Gasteiger partial charge in [-0.2, -0.15) is 0 Å². The van der Waals surface area contributed by atoms with Gasteiger partial charge in [-0.05, 0) is 55.3 Å². The zero-order valence-electron chi connectivity index (χ0n) is 27.4. The third-order valence-electron chi connectivity index (χ3n) is 12.1. The Bertz CT molecular complexity index is 1300. The molecule has 44 heavy (non-hydrogen) atoms. The molecule has 5 rings (SSSR count). The largest absolute Gasteiger partial charge is 0.455 e. The van der Waals surface area contributed by atoms with E-state index in [4.69, 9.17) is 18.6 Å².